The van der Waals surface area contributed by atoms with Gasteiger partial charge in [-0.05, 0) is 52.9 Å². The lowest BCUT2D eigenvalue weighted by molar-refractivity contribution is -0.276. The van der Waals surface area contributed by atoms with E-state index < -0.39 is 6.29 Å². The standard InChI is InChI=1S/C37H44N6O4/c1-3-38-37(45)41-23-28-7-4-8-30(21-28)31-9-5-10-32(22-31)35-46-33(26(2)34(47-35)29-13-11-27(25-44)12-14-29)24-42-17-19-43(20-18-42)36-39-15-6-16-40-36/h4-16,21-22,26,33-35,44H,3,17-20,23-25H2,1-2H3,(H2,38,41,45). The van der Waals surface area contributed by atoms with Crippen LogP contribution in [-0.2, 0) is 22.6 Å². The van der Waals surface area contributed by atoms with Crippen LogP contribution in [0.25, 0.3) is 11.1 Å². The van der Waals surface area contributed by atoms with Gasteiger partial charge in [0, 0.05) is 69.7 Å². The van der Waals surface area contributed by atoms with E-state index in [4.69, 9.17) is 9.47 Å². The minimum Gasteiger partial charge on any atom is -0.392 e. The maximum Gasteiger partial charge on any atom is 0.315 e. The Balaban J connectivity index is 1.20. The molecule has 10 heteroatoms. The van der Waals surface area contributed by atoms with E-state index in [2.05, 4.69) is 79.8 Å². The number of nitrogens with one attached hydrogen (secondary N) is 2. The van der Waals surface area contributed by atoms with Gasteiger partial charge in [0.15, 0.2) is 6.29 Å². The van der Waals surface area contributed by atoms with Crippen LogP contribution in [0.3, 0.4) is 0 Å². The lowest BCUT2D eigenvalue weighted by Gasteiger charge is -2.44. The van der Waals surface area contributed by atoms with E-state index in [1.54, 1.807) is 12.4 Å². The van der Waals surface area contributed by atoms with Crippen LogP contribution < -0.4 is 15.5 Å². The molecule has 2 aliphatic heterocycles. The summed E-state index contributed by atoms with van der Waals surface area (Å²) in [5.41, 5.74) is 6.02. The number of nitrogens with zero attached hydrogens (tertiary/aromatic N) is 4. The normalized spacial score (nSPS) is 21.7. The summed E-state index contributed by atoms with van der Waals surface area (Å²) < 4.78 is 13.6. The van der Waals surface area contributed by atoms with Crippen LogP contribution in [-0.4, -0.2) is 71.4 Å². The molecule has 10 nitrogen and oxygen atoms in total. The molecule has 4 aromatic rings. The number of aromatic nitrogens is 2. The fraction of sp³-hybridized carbons (Fsp3) is 0.378. The van der Waals surface area contributed by atoms with Crippen molar-refractivity contribution in [3.63, 3.8) is 0 Å². The Morgan fingerprint density at radius 2 is 1.57 bits per heavy atom. The molecule has 0 spiro atoms. The minimum atomic E-state index is -0.555. The van der Waals surface area contributed by atoms with Gasteiger partial charge in [0.05, 0.1) is 18.8 Å². The molecule has 0 bridgehead atoms. The van der Waals surface area contributed by atoms with Gasteiger partial charge in [-0.15, -0.1) is 0 Å². The number of carbonyl (C=O) groups excluding carboxylic acids is 1. The largest absolute Gasteiger partial charge is 0.392 e. The Morgan fingerprint density at radius 1 is 0.851 bits per heavy atom. The molecule has 47 heavy (non-hydrogen) atoms. The first-order valence-electron chi connectivity index (χ1n) is 16.5. The van der Waals surface area contributed by atoms with Gasteiger partial charge >= 0.3 is 6.03 Å². The van der Waals surface area contributed by atoms with Crippen LogP contribution in [0.15, 0.2) is 91.3 Å². The average molecular weight is 637 g/mol. The number of amides is 2. The zero-order valence-corrected chi connectivity index (χ0v) is 27.1. The highest BCUT2D eigenvalue weighted by molar-refractivity contribution is 5.74. The molecule has 246 valence electrons. The predicted octanol–water partition coefficient (Wildman–Crippen LogP) is 5.07. The number of hydrogen-bond donors (Lipinski definition) is 3. The molecule has 2 aliphatic rings. The van der Waals surface area contributed by atoms with Crippen molar-refractivity contribution in [3.8, 4) is 11.1 Å². The van der Waals surface area contributed by atoms with E-state index >= 15 is 0 Å². The number of rotatable bonds is 10. The van der Waals surface area contributed by atoms with Crippen molar-refractivity contribution < 1.29 is 19.4 Å². The van der Waals surface area contributed by atoms with Crippen LogP contribution in [0.5, 0.6) is 0 Å². The first-order valence-corrected chi connectivity index (χ1v) is 16.5. The Hall–Kier alpha value is -4.35. The zero-order valence-electron chi connectivity index (χ0n) is 27.1. The van der Waals surface area contributed by atoms with Gasteiger partial charge in [-0.1, -0.05) is 67.6 Å². The molecule has 1 aromatic heterocycles. The number of hydrogen-bond acceptors (Lipinski definition) is 8. The SMILES string of the molecule is CCNC(=O)NCc1cccc(-c2cccc(C3OC(CN4CCN(c5ncccn5)CC4)C(C)C(c4ccc(CO)cc4)O3)c2)c1. The molecule has 3 N–H and O–H groups in total. The van der Waals surface area contributed by atoms with Crippen molar-refractivity contribution >= 4 is 12.0 Å². The smallest absolute Gasteiger partial charge is 0.315 e. The second-order valence-corrected chi connectivity index (χ2v) is 12.2. The fourth-order valence-corrected chi connectivity index (χ4v) is 6.30. The Bertz CT molecular complexity index is 1600. The minimum absolute atomic E-state index is 0.00566. The highest BCUT2D eigenvalue weighted by atomic mass is 16.7. The highest BCUT2D eigenvalue weighted by Gasteiger charge is 2.39. The maximum absolute atomic E-state index is 11.9. The zero-order chi connectivity index (χ0) is 32.6. The second-order valence-electron chi connectivity index (χ2n) is 12.2. The van der Waals surface area contributed by atoms with Crippen molar-refractivity contribution in [2.24, 2.45) is 5.92 Å². The molecule has 6 rings (SSSR count). The molecule has 2 fully saturated rings. The highest BCUT2D eigenvalue weighted by Crippen LogP contribution is 2.42. The number of urea groups is 1. The van der Waals surface area contributed by atoms with E-state index in [9.17, 15) is 9.90 Å². The molecule has 4 atom stereocenters. The molecule has 0 saturated carbocycles. The first-order chi connectivity index (χ1) is 23.0. The van der Waals surface area contributed by atoms with Gasteiger partial charge in [0.1, 0.15) is 0 Å². The van der Waals surface area contributed by atoms with Gasteiger partial charge < -0.3 is 30.1 Å². The summed E-state index contributed by atoms with van der Waals surface area (Å²) in [5, 5.41) is 15.3. The average Bonchev–Trinajstić information content (AvgIpc) is 3.12. The number of aliphatic hydroxyl groups excluding tert-OH is 1. The number of carbonyl (C=O) groups is 1. The number of ether oxygens (including phenoxy) is 2. The van der Waals surface area contributed by atoms with E-state index in [0.717, 1.165) is 72.1 Å². The third-order valence-electron chi connectivity index (χ3n) is 8.98. The number of aliphatic hydroxyl groups is 1. The summed E-state index contributed by atoms with van der Waals surface area (Å²) in [6.07, 6.45) is 2.77. The summed E-state index contributed by atoms with van der Waals surface area (Å²) in [6, 6.07) is 26.2. The van der Waals surface area contributed by atoms with Gasteiger partial charge in [-0.3, -0.25) is 4.90 Å². The van der Waals surface area contributed by atoms with E-state index in [1.165, 1.54) is 0 Å². The van der Waals surface area contributed by atoms with Crippen LogP contribution in [0.2, 0.25) is 0 Å². The summed E-state index contributed by atoms with van der Waals surface area (Å²) in [5.74, 6) is 0.872. The molecule has 0 aliphatic carbocycles. The van der Waals surface area contributed by atoms with Crippen LogP contribution in [0, 0.1) is 5.92 Å². The van der Waals surface area contributed by atoms with Crippen molar-refractivity contribution in [1.82, 2.24) is 25.5 Å². The molecule has 2 amide bonds. The Morgan fingerprint density at radius 3 is 2.30 bits per heavy atom. The van der Waals surface area contributed by atoms with Gasteiger partial charge in [0.25, 0.3) is 0 Å². The van der Waals surface area contributed by atoms with E-state index in [1.807, 2.05) is 43.3 Å². The summed E-state index contributed by atoms with van der Waals surface area (Å²) in [6.45, 7) is 9.43. The number of benzene rings is 3. The maximum atomic E-state index is 11.9. The summed E-state index contributed by atoms with van der Waals surface area (Å²) in [7, 11) is 0. The van der Waals surface area contributed by atoms with Gasteiger partial charge in [-0.2, -0.15) is 0 Å². The predicted molar refractivity (Wildman–Crippen MR) is 181 cm³/mol. The summed E-state index contributed by atoms with van der Waals surface area (Å²) in [4.78, 5) is 25.5. The quantitative estimate of drug-likeness (QED) is 0.221. The summed E-state index contributed by atoms with van der Waals surface area (Å²) >= 11 is 0. The third kappa shape index (κ3) is 8.15. The molecular weight excluding hydrogens is 592 g/mol. The first kappa shape index (κ1) is 32.6. The lowest BCUT2D eigenvalue weighted by atomic mass is 9.89. The third-order valence-corrected chi connectivity index (χ3v) is 8.98. The van der Waals surface area contributed by atoms with E-state index in [0.29, 0.717) is 13.1 Å². The van der Waals surface area contributed by atoms with Gasteiger partial charge in [-0.25, -0.2) is 14.8 Å². The van der Waals surface area contributed by atoms with Crippen LogP contribution in [0.4, 0.5) is 10.7 Å². The van der Waals surface area contributed by atoms with Crippen molar-refractivity contribution in [1.29, 1.82) is 0 Å². The molecular formula is C37H44N6O4. The fourth-order valence-electron chi connectivity index (χ4n) is 6.30. The molecule has 3 aromatic carbocycles. The second kappa shape index (κ2) is 15.5. The van der Waals surface area contributed by atoms with Crippen molar-refractivity contribution in [2.45, 2.75) is 45.5 Å². The van der Waals surface area contributed by atoms with Crippen LogP contribution >= 0.6 is 0 Å². The Labute approximate surface area is 276 Å². The van der Waals surface area contributed by atoms with Crippen molar-refractivity contribution in [2.75, 3.05) is 44.2 Å². The Kier molecular flexibility index (Phi) is 10.7. The topological polar surface area (TPSA) is 112 Å². The number of anilines is 1. The lowest BCUT2D eigenvalue weighted by Crippen LogP contribution is -2.51. The van der Waals surface area contributed by atoms with E-state index in [-0.39, 0.29) is 30.8 Å². The molecule has 0 radical (unpaired) electrons. The molecule has 4 unspecified atom stereocenters. The monoisotopic (exact) mass is 636 g/mol. The van der Waals surface area contributed by atoms with Gasteiger partial charge in [0.2, 0.25) is 5.95 Å². The number of piperazine rings is 1. The van der Waals surface area contributed by atoms with Crippen LogP contribution in [0.1, 0.15) is 48.5 Å². The molecule has 2 saturated heterocycles. The molecule has 3 heterocycles. The van der Waals surface area contributed by atoms with Crippen molar-refractivity contribution in [3.05, 3.63) is 114 Å².